The van der Waals surface area contributed by atoms with Crippen LogP contribution in [-0.2, 0) is 9.59 Å². The molecular weight excluding hydrogens is 332 g/mol. The Hall–Kier alpha value is -1.49. The number of carbonyl (C=O) groups is 2. The SMILES string of the molecule is CCCSCC(=O)N1CCC2(CC1)C[C@H](c1ccccc1)C(=O)N2C. The highest BCUT2D eigenvalue weighted by molar-refractivity contribution is 7.99. The maximum absolute atomic E-state index is 12.8. The molecule has 136 valence electrons. The summed E-state index contributed by atoms with van der Waals surface area (Å²) in [6.07, 6.45) is 3.76. The van der Waals surface area contributed by atoms with E-state index in [1.54, 1.807) is 11.8 Å². The van der Waals surface area contributed by atoms with E-state index in [1.165, 1.54) is 0 Å². The molecule has 0 N–H and O–H groups in total. The molecule has 2 heterocycles. The summed E-state index contributed by atoms with van der Waals surface area (Å²) in [7, 11) is 1.94. The number of piperidine rings is 1. The van der Waals surface area contributed by atoms with E-state index < -0.39 is 0 Å². The van der Waals surface area contributed by atoms with Crippen molar-refractivity contribution < 1.29 is 9.59 Å². The highest BCUT2D eigenvalue weighted by Gasteiger charge is 2.50. The molecule has 3 rings (SSSR count). The fourth-order valence-corrected chi connectivity index (χ4v) is 4.91. The number of carbonyl (C=O) groups excluding carboxylic acids is 2. The molecule has 4 nitrogen and oxygen atoms in total. The number of likely N-dealkylation sites (N-methyl/N-ethyl adjacent to an activating group) is 1. The second-order valence-corrected chi connectivity index (χ2v) is 8.33. The van der Waals surface area contributed by atoms with E-state index in [9.17, 15) is 9.59 Å². The monoisotopic (exact) mass is 360 g/mol. The van der Waals surface area contributed by atoms with Gasteiger partial charge in [-0.25, -0.2) is 0 Å². The summed E-state index contributed by atoms with van der Waals surface area (Å²) in [6, 6.07) is 10.1. The van der Waals surface area contributed by atoms with Crippen molar-refractivity contribution in [2.24, 2.45) is 0 Å². The molecule has 1 aromatic rings. The summed E-state index contributed by atoms with van der Waals surface area (Å²) in [4.78, 5) is 29.1. The maximum Gasteiger partial charge on any atom is 0.232 e. The third-order valence-corrected chi connectivity index (χ3v) is 6.90. The van der Waals surface area contributed by atoms with Gasteiger partial charge in [0.15, 0.2) is 0 Å². The van der Waals surface area contributed by atoms with Crippen molar-refractivity contribution >= 4 is 23.6 Å². The molecular formula is C20H28N2O2S. The number of hydrogen-bond acceptors (Lipinski definition) is 3. The number of nitrogens with zero attached hydrogens (tertiary/aromatic N) is 2. The van der Waals surface area contributed by atoms with Gasteiger partial charge < -0.3 is 9.80 Å². The maximum atomic E-state index is 12.8. The Morgan fingerprint density at radius 1 is 1.24 bits per heavy atom. The van der Waals surface area contributed by atoms with E-state index in [0.717, 1.165) is 50.1 Å². The minimum Gasteiger partial charge on any atom is -0.342 e. The molecule has 0 radical (unpaired) electrons. The Bertz CT molecular complexity index is 611. The number of rotatable bonds is 5. The van der Waals surface area contributed by atoms with Gasteiger partial charge in [0.2, 0.25) is 11.8 Å². The average Bonchev–Trinajstić information content (AvgIpc) is 2.88. The molecule has 0 unspecified atom stereocenters. The summed E-state index contributed by atoms with van der Waals surface area (Å²) < 4.78 is 0. The van der Waals surface area contributed by atoms with Gasteiger partial charge in [-0.3, -0.25) is 9.59 Å². The third kappa shape index (κ3) is 3.71. The lowest BCUT2D eigenvalue weighted by Gasteiger charge is -2.43. The topological polar surface area (TPSA) is 40.6 Å². The number of benzene rings is 1. The molecule has 2 amide bonds. The molecule has 0 bridgehead atoms. The Morgan fingerprint density at radius 2 is 1.92 bits per heavy atom. The summed E-state index contributed by atoms with van der Waals surface area (Å²) in [5.41, 5.74) is 1.04. The first-order valence-electron chi connectivity index (χ1n) is 9.25. The predicted molar refractivity (Wildman–Crippen MR) is 103 cm³/mol. The molecule has 0 aromatic heterocycles. The van der Waals surface area contributed by atoms with Crippen LogP contribution in [0.15, 0.2) is 30.3 Å². The summed E-state index contributed by atoms with van der Waals surface area (Å²) >= 11 is 1.72. The lowest BCUT2D eigenvalue weighted by molar-refractivity contribution is -0.134. The first-order chi connectivity index (χ1) is 12.1. The van der Waals surface area contributed by atoms with Crippen LogP contribution in [0.3, 0.4) is 0 Å². The van der Waals surface area contributed by atoms with Gasteiger partial charge in [0.25, 0.3) is 0 Å². The third-order valence-electron chi connectivity index (χ3n) is 5.75. The molecule has 25 heavy (non-hydrogen) atoms. The van der Waals surface area contributed by atoms with Crippen molar-refractivity contribution in [1.82, 2.24) is 9.80 Å². The van der Waals surface area contributed by atoms with Crippen LogP contribution in [0.5, 0.6) is 0 Å². The molecule has 1 aromatic carbocycles. The minimum absolute atomic E-state index is 0.0337. The van der Waals surface area contributed by atoms with Crippen molar-refractivity contribution in [3.63, 3.8) is 0 Å². The van der Waals surface area contributed by atoms with Crippen molar-refractivity contribution in [3.05, 3.63) is 35.9 Å². The van der Waals surface area contributed by atoms with E-state index >= 15 is 0 Å². The van der Waals surface area contributed by atoms with Gasteiger partial charge in [0, 0.05) is 25.7 Å². The van der Waals surface area contributed by atoms with Crippen molar-refractivity contribution in [2.45, 2.75) is 44.1 Å². The molecule has 2 fully saturated rings. The van der Waals surface area contributed by atoms with Gasteiger partial charge in [0.05, 0.1) is 11.7 Å². The van der Waals surface area contributed by atoms with Crippen LogP contribution >= 0.6 is 11.8 Å². The van der Waals surface area contributed by atoms with Gasteiger partial charge in [-0.05, 0) is 37.0 Å². The molecule has 1 atom stereocenters. The van der Waals surface area contributed by atoms with Crippen molar-refractivity contribution in [2.75, 3.05) is 31.6 Å². The lowest BCUT2D eigenvalue weighted by Crippen LogP contribution is -2.53. The Morgan fingerprint density at radius 3 is 2.56 bits per heavy atom. The van der Waals surface area contributed by atoms with Gasteiger partial charge >= 0.3 is 0 Å². The van der Waals surface area contributed by atoms with Crippen molar-refractivity contribution in [3.8, 4) is 0 Å². The van der Waals surface area contributed by atoms with Crippen LogP contribution < -0.4 is 0 Å². The van der Waals surface area contributed by atoms with Gasteiger partial charge in [-0.15, -0.1) is 0 Å². The number of likely N-dealkylation sites (tertiary alicyclic amines) is 2. The second kappa shape index (κ2) is 7.81. The van der Waals surface area contributed by atoms with Crippen LogP contribution in [0, 0.1) is 0 Å². The molecule has 0 aliphatic carbocycles. The highest BCUT2D eigenvalue weighted by atomic mass is 32.2. The first-order valence-corrected chi connectivity index (χ1v) is 10.4. The molecule has 1 spiro atoms. The van der Waals surface area contributed by atoms with Crippen LogP contribution in [0.25, 0.3) is 0 Å². The van der Waals surface area contributed by atoms with E-state index in [4.69, 9.17) is 0 Å². The largest absolute Gasteiger partial charge is 0.342 e. The van der Waals surface area contributed by atoms with Crippen LogP contribution in [-0.4, -0.2) is 58.8 Å². The summed E-state index contributed by atoms with van der Waals surface area (Å²) in [5.74, 6) is 2.07. The lowest BCUT2D eigenvalue weighted by atomic mass is 9.81. The molecule has 5 heteroatoms. The van der Waals surface area contributed by atoms with Crippen LogP contribution in [0.4, 0.5) is 0 Å². The minimum atomic E-state index is -0.0784. The smallest absolute Gasteiger partial charge is 0.232 e. The molecule has 0 saturated carbocycles. The van der Waals surface area contributed by atoms with Crippen LogP contribution in [0.1, 0.15) is 44.1 Å². The number of hydrogen-bond donors (Lipinski definition) is 0. The zero-order valence-corrected chi connectivity index (χ0v) is 16.1. The van der Waals surface area contributed by atoms with Gasteiger partial charge in [0.1, 0.15) is 0 Å². The van der Waals surface area contributed by atoms with E-state index in [0.29, 0.717) is 5.75 Å². The normalized spacial score (nSPS) is 22.6. The number of amides is 2. The van der Waals surface area contributed by atoms with E-state index in [2.05, 4.69) is 19.1 Å². The Balaban J connectivity index is 1.62. The van der Waals surface area contributed by atoms with E-state index in [1.807, 2.05) is 35.0 Å². The Kier molecular flexibility index (Phi) is 5.72. The standard InChI is InChI=1S/C20H28N2O2S/c1-3-13-25-15-18(23)22-11-9-20(10-12-22)14-17(19(24)21(20)2)16-7-5-4-6-8-16/h4-8,17H,3,9-15H2,1-2H3/t17-/m1/s1. The fraction of sp³-hybridized carbons (Fsp3) is 0.600. The predicted octanol–water partition coefficient (Wildman–Crippen LogP) is 3.14. The van der Waals surface area contributed by atoms with Crippen molar-refractivity contribution in [1.29, 1.82) is 0 Å². The quantitative estimate of drug-likeness (QED) is 0.758. The van der Waals surface area contributed by atoms with Gasteiger partial charge in [-0.2, -0.15) is 11.8 Å². The zero-order valence-electron chi connectivity index (χ0n) is 15.2. The zero-order chi connectivity index (χ0) is 17.9. The summed E-state index contributed by atoms with van der Waals surface area (Å²) in [5, 5.41) is 0. The molecule has 2 aliphatic heterocycles. The molecule has 2 saturated heterocycles. The molecule has 2 aliphatic rings. The van der Waals surface area contributed by atoms with Gasteiger partial charge in [-0.1, -0.05) is 37.3 Å². The average molecular weight is 361 g/mol. The first kappa shape index (κ1) is 18.3. The Labute approximate surface area is 154 Å². The highest BCUT2D eigenvalue weighted by Crippen LogP contribution is 2.44. The summed E-state index contributed by atoms with van der Waals surface area (Å²) in [6.45, 7) is 3.67. The van der Waals surface area contributed by atoms with E-state index in [-0.39, 0.29) is 23.3 Å². The fourth-order valence-electron chi connectivity index (χ4n) is 4.12. The second-order valence-electron chi connectivity index (χ2n) is 7.22. The number of thioether (sulfide) groups is 1. The van der Waals surface area contributed by atoms with Crippen LogP contribution in [0.2, 0.25) is 0 Å².